The monoisotopic (exact) mass is 327 g/mol. The van der Waals surface area contributed by atoms with Crippen LogP contribution in [-0.4, -0.2) is 52.5 Å². The standard InChI is InChI=1S/C13H17N3O5S/c1-14-9(5-11(17)15(2)13(14)19)12(18)16-6-8-3-4-22(20,21)10(8)7-16/h5,8,10H,3-4,6-7H2,1-2H3/t8-,10+/m0/s1. The SMILES string of the molecule is Cn1c(C(=O)N2C[C@@H]3CCS(=O)(=O)[C@@H]3C2)cc(=O)n(C)c1=O. The van der Waals surface area contributed by atoms with Gasteiger partial charge in [-0.3, -0.25) is 18.7 Å². The number of hydrogen-bond donors (Lipinski definition) is 0. The molecule has 0 aliphatic carbocycles. The molecule has 3 heterocycles. The molecular formula is C13H17N3O5S. The average molecular weight is 327 g/mol. The molecule has 3 rings (SSSR count). The molecular weight excluding hydrogens is 310 g/mol. The maximum absolute atomic E-state index is 12.5. The van der Waals surface area contributed by atoms with Gasteiger partial charge in [0.15, 0.2) is 9.84 Å². The van der Waals surface area contributed by atoms with Gasteiger partial charge in [-0.15, -0.1) is 0 Å². The molecule has 2 aliphatic heterocycles. The highest BCUT2D eigenvalue weighted by atomic mass is 32.2. The van der Waals surface area contributed by atoms with Gasteiger partial charge in [-0.2, -0.15) is 0 Å². The molecule has 120 valence electrons. The van der Waals surface area contributed by atoms with E-state index in [2.05, 4.69) is 0 Å². The van der Waals surface area contributed by atoms with Crippen LogP contribution in [0.5, 0.6) is 0 Å². The van der Waals surface area contributed by atoms with E-state index >= 15 is 0 Å². The minimum atomic E-state index is -3.13. The number of nitrogens with zero attached hydrogens (tertiary/aromatic N) is 3. The van der Waals surface area contributed by atoms with E-state index in [1.807, 2.05) is 0 Å². The van der Waals surface area contributed by atoms with E-state index in [9.17, 15) is 22.8 Å². The normalized spacial score (nSPS) is 26.2. The van der Waals surface area contributed by atoms with Gasteiger partial charge >= 0.3 is 5.69 Å². The van der Waals surface area contributed by atoms with Gasteiger partial charge in [0.25, 0.3) is 11.5 Å². The number of hydrogen-bond acceptors (Lipinski definition) is 5. The summed E-state index contributed by atoms with van der Waals surface area (Å²) in [5.74, 6) is -0.339. The Morgan fingerprint density at radius 3 is 2.50 bits per heavy atom. The van der Waals surface area contributed by atoms with Gasteiger partial charge in [0.1, 0.15) is 5.69 Å². The molecule has 2 aliphatic rings. The van der Waals surface area contributed by atoms with Crippen molar-refractivity contribution in [3.8, 4) is 0 Å². The van der Waals surface area contributed by atoms with Crippen LogP contribution in [0.25, 0.3) is 0 Å². The predicted molar refractivity (Wildman–Crippen MR) is 78.5 cm³/mol. The van der Waals surface area contributed by atoms with Crippen molar-refractivity contribution >= 4 is 15.7 Å². The van der Waals surface area contributed by atoms with Crippen molar-refractivity contribution < 1.29 is 13.2 Å². The Labute approximate surface area is 126 Å². The van der Waals surface area contributed by atoms with Crippen molar-refractivity contribution in [2.24, 2.45) is 20.0 Å². The molecule has 1 amide bonds. The maximum atomic E-state index is 12.5. The molecule has 0 aromatic carbocycles. The molecule has 0 saturated carbocycles. The molecule has 22 heavy (non-hydrogen) atoms. The van der Waals surface area contributed by atoms with Crippen LogP contribution in [-0.2, 0) is 23.9 Å². The third kappa shape index (κ3) is 2.11. The number of carbonyl (C=O) groups is 1. The second-order valence-electron chi connectivity index (χ2n) is 5.93. The molecule has 0 bridgehead atoms. The lowest BCUT2D eigenvalue weighted by Gasteiger charge is -2.18. The highest BCUT2D eigenvalue weighted by Gasteiger charge is 2.47. The van der Waals surface area contributed by atoms with Crippen molar-refractivity contribution in [2.45, 2.75) is 11.7 Å². The Balaban J connectivity index is 1.94. The first-order valence-electron chi connectivity index (χ1n) is 7.00. The van der Waals surface area contributed by atoms with Gasteiger partial charge in [-0.1, -0.05) is 0 Å². The van der Waals surface area contributed by atoms with Crippen LogP contribution >= 0.6 is 0 Å². The second-order valence-corrected chi connectivity index (χ2v) is 8.27. The zero-order valence-electron chi connectivity index (χ0n) is 12.4. The minimum absolute atomic E-state index is 0.00882. The van der Waals surface area contributed by atoms with Gasteiger partial charge in [-0.05, 0) is 12.3 Å². The first-order chi connectivity index (χ1) is 10.2. The van der Waals surface area contributed by atoms with Gasteiger partial charge in [0, 0.05) is 33.3 Å². The number of amides is 1. The van der Waals surface area contributed by atoms with E-state index in [1.165, 1.54) is 19.0 Å². The van der Waals surface area contributed by atoms with Crippen LogP contribution < -0.4 is 11.2 Å². The van der Waals surface area contributed by atoms with Gasteiger partial charge in [-0.25, -0.2) is 13.2 Å². The van der Waals surface area contributed by atoms with Crippen molar-refractivity contribution in [3.63, 3.8) is 0 Å². The van der Waals surface area contributed by atoms with E-state index < -0.39 is 32.2 Å². The van der Waals surface area contributed by atoms with E-state index in [-0.39, 0.29) is 23.9 Å². The van der Waals surface area contributed by atoms with Crippen LogP contribution in [0.1, 0.15) is 16.9 Å². The summed E-state index contributed by atoms with van der Waals surface area (Å²) in [5.41, 5.74) is -1.15. The Kier molecular flexibility index (Phi) is 3.28. The van der Waals surface area contributed by atoms with E-state index in [0.29, 0.717) is 13.0 Å². The smallest absolute Gasteiger partial charge is 0.331 e. The summed E-state index contributed by atoms with van der Waals surface area (Å²) >= 11 is 0. The second kappa shape index (κ2) is 4.80. The summed E-state index contributed by atoms with van der Waals surface area (Å²) in [6.45, 7) is 0.487. The molecule has 0 radical (unpaired) electrons. The van der Waals surface area contributed by atoms with Crippen LogP contribution in [0.3, 0.4) is 0 Å². The zero-order valence-corrected chi connectivity index (χ0v) is 13.2. The molecule has 0 unspecified atom stereocenters. The molecule has 0 spiro atoms. The molecule has 9 heteroatoms. The van der Waals surface area contributed by atoms with Crippen LogP contribution in [0.15, 0.2) is 15.7 Å². The maximum Gasteiger partial charge on any atom is 0.331 e. The third-order valence-corrected chi connectivity index (χ3v) is 6.91. The Morgan fingerprint density at radius 2 is 1.86 bits per heavy atom. The number of likely N-dealkylation sites (tertiary alicyclic amines) is 1. The first kappa shape index (κ1) is 15.0. The Morgan fingerprint density at radius 1 is 1.18 bits per heavy atom. The highest BCUT2D eigenvalue weighted by molar-refractivity contribution is 7.92. The fourth-order valence-electron chi connectivity index (χ4n) is 3.26. The summed E-state index contributed by atoms with van der Waals surface area (Å²) < 4.78 is 25.9. The molecule has 1 aromatic rings. The molecule has 2 saturated heterocycles. The van der Waals surface area contributed by atoms with E-state index in [0.717, 1.165) is 15.2 Å². The summed E-state index contributed by atoms with van der Waals surface area (Å²) in [6.07, 6.45) is 0.562. The van der Waals surface area contributed by atoms with Crippen LogP contribution in [0, 0.1) is 5.92 Å². The van der Waals surface area contributed by atoms with Gasteiger partial charge in [0.05, 0.1) is 11.0 Å². The Bertz CT molecular complexity index is 867. The third-order valence-electron chi connectivity index (χ3n) is 4.65. The van der Waals surface area contributed by atoms with Crippen LogP contribution in [0.2, 0.25) is 0 Å². The van der Waals surface area contributed by atoms with Crippen LogP contribution in [0.4, 0.5) is 0 Å². The summed E-state index contributed by atoms with van der Waals surface area (Å²) in [4.78, 5) is 37.6. The Hall–Kier alpha value is -1.90. The first-order valence-corrected chi connectivity index (χ1v) is 8.72. The minimum Gasteiger partial charge on any atom is -0.336 e. The van der Waals surface area contributed by atoms with Crippen molar-refractivity contribution in [1.29, 1.82) is 0 Å². The predicted octanol–water partition coefficient (Wildman–Crippen LogP) is -1.66. The molecule has 8 nitrogen and oxygen atoms in total. The number of rotatable bonds is 1. The summed E-state index contributed by atoms with van der Waals surface area (Å²) in [7, 11) is -0.376. The van der Waals surface area contributed by atoms with Crippen molar-refractivity contribution in [2.75, 3.05) is 18.8 Å². The van der Waals surface area contributed by atoms with Gasteiger partial charge in [0.2, 0.25) is 0 Å². The lowest BCUT2D eigenvalue weighted by molar-refractivity contribution is 0.0775. The highest BCUT2D eigenvalue weighted by Crippen LogP contribution is 2.33. The fraction of sp³-hybridized carbons (Fsp3) is 0.615. The topological polar surface area (TPSA) is 98.4 Å². The molecule has 2 atom stereocenters. The van der Waals surface area contributed by atoms with Crippen molar-refractivity contribution in [1.82, 2.24) is 14.0 Å². The lowest BCUT2D eigenvalue weighted by Crippen LogP contribution is -2.42. The van der Waals surface area contributed by atoms with Crippen molar-refractivity contribution in [3.05, 3.63) is 32.6 Å². The fourth-order valence-corrected chi connectivity index (χ4v) is 5.41. The summed E-state index contributed by atoms with van der Waals surface area (Å²) in [6, 6.07) is 1.12. The number of fused-ring (bicyclic) bond motifs is 1. The summed E-state index contributed by atoms with van der Waals surface area (Å²) in [5, 5.41) is -0.514. The number of carbonyl (C=O) groups excluding carboxylic acids is 1. The zero-order chi connectivity index (χ0) is 16.2. The number of sulfone groups is 1. The molecule has 1 aromatic heterocycles. The van der Waals surface area contributed by atoms with Gasteiger partial charge < -0.3 is 4.90 Å². The lowest BCUT2D eigenvalue weighted by atomic mass is 10.1. The largest absolute Gasteiger partial charge is 0.336 e. The average Bonchev–Trinajstić information content (AvgIpc) is 3.01. The van der Waals surface area contributed by atoms with E-state index in [1.54, 1.807) is 0 Å². The molecule has 2 fully saturated rings. The molecule has 0 N–H and O–H groups in total. The number of aromatic nitrogens is 2. The quantitative estimate of drug-likeness (QED) is 0.615. The van der Waals surface area contributed by atoms with E-state index in [4.69, 9.17) is 0 Å².